The number of carbonyl (C=O) groups excluding carboxylic acids is 1. The zero-order chi connectivity index (χ0) is 24.5. The Hall–Kier alpha value is -4.45. The molecule has 0 saturated carbocycles. The van der Waals surface area contributed by atoms with Gasteiger partial charge in [0, 0.05) is 56.9 Å². The Morgan fingerprint density at radius 2 is 1.54 bits per heavy atom. The largest absolute Gasteiger partial charge is 0.319 e. The van der Waals surface area contributed by atoms with Crippen molar-refractivity contribution in [3.63, 3.8) is 0 Å². The van der Waals surface area contributed by atoms with E-state index in [4.69, 9.17) is 0 Å². The summed E-state index contributed by atoms with van der Waals surface area (Å²) < 4.78 is 4.33. The number of hydrogen-bond donors (Lipinski definition) is 1. The summed E-state index contributed by atoms with van der Waals surface area (Å²) in [5.41, 5.74) is 11.7. The van der Waals surface area contributed by atoms with Crippen molar-refractivity contribution in [2.24, 2.45) is 5.10 Å². The third-order valence-electron chi connectivity index (χ3n) is 6.34. The van der Waals surface area contributed by atoms with Gasteiger partial charge < -0.3 is 9.13 Å². The first-order chi connectivity index (χ1) is 16.9. The van der Waals surface area contributed by atoms with E-state index in [0.717, 1.165) is 50.6 Å². The Morgan fingerprint density at radius 1 is 0.829 bits per heavy atom. The van der Waals surface area contributed by atoms with Crippen LogP contribution in [0.25, 0.3) is 22.3 Å². The van der Waals surface area contributed by atoms with Gasteiger partial charge >= 0.3 is 0 Å². The van der Waals surface area contributed by atoms with Gasteiger partial charge in [-0.2, -0.15) is 5.10 Å². The Kier molecular flexibility index (Phi) is 5.79. The maximum atomic E-state index is 12.6. The number of aryl methyl sites for hydroxylation is 3. The first-order valence-corrected chi connectivity index (χ1v) is 11.6. The lowest BCUT2D eigenvalue weighted by Gasteiger charge is -2.10. The molecule has 0 spiro atoms. The van der Waals surface area contributed by atoms with Crippen LogP contribution in [0.5, 0.6) is 0 Å². The minimum absolute atomic E-state index is 0.246. The Bertz CT molecular complexity index is 1550. The molecule has 0 aliphatic carbocycles. The van der Waals surface area contributed by atoms with Gasteiger partial charge in [-0.15, -0.1) is 0 Å². The van der Waals surface area contributed by atoms with Gasteiger partial charge in [0.2, 0.25) is 0 Å². The number of amides is 1. The molecule has 35 heavy (non-hydrogen) atoms. The van der Waals surface area contributed by atoms with Crippen molar-refractivity contribution in [1.82, 2.24) is 19.5 Å². The molecule has 174 valence electrons. The molecule has 0 fully saturated rings. The van der Waals surface area contributed by atoms with E-state index in [9.17, 15) is 4.79 Å². The molecule has 1 amide bonds. The quantitative estimate of drug-likeness (QED) is 0.265. The van der Waals surface area contributed by atoms with Gasteiger partial charge in [0.25, 0.3) is 5.91 Å². The summed E-state index contributed by atoms with van der Waals surface area (Å²) in [5, 5.41) is 5.32. The maximum Gasteiger partial charge on any atom is 0.271 e. The van der Waals surface area contributed by atoms with Crippen LogP contribution in [0.1, 0.15) is 38.7 Å². The first kappa shape index (κ1) is 22.3. The van der Waals surface area contributed by atoms with E-state index < -0.39 is 0 Å². The molecule has 6 heteroatoms. The molecule has 5 aromatic rings. The van der Waals surface area contributed by atoms with E-state index in [0.29, 0.717) is 5.56 Å². The second-order valence-corrected chi connectivity index (χ2v) is 8.74. The molecule has 0 unspecified atom stereocenters. The van der Waals surface area contributed by atoms with Crippen LogP contribution in [0, 0.1) is 27.7 Å². The molecule has 0 bridgehead atoms. The van der Waals surface area contributed by atoms with Crippen LogP contribution in [-0.4, -0.2) is 26.2 Å². The minimum Gasteiger partial charge on any atom is -0.319 e. The number of aromatic nitrogens is 3. The lowest BCUT2D eigenvalue weighted by atomic mass is 10.2. The molecule has 0 radical (unpaired) electrons. The van der Waals surface area contributed by atoms with Crippen LogP contribution in [0.2, 0.25) is 0 Å². The summed E-state index contributed by atoms with van der Waals surface area (Å²) >= 11 is 0. The smallest absolute Gasteiger partial charge is 0.271 e. The highest BCUT2D eigenvalue weighted by molar-refractivity contribution is 5.95. The molecule has 3 aromatic heterocycles. The van der Waals surface area contributed by atoms with E-state index in [-0.39, 0.29) is 5.91 Å². The van der Waals surface area contributed by atoms with Crippen molar-refractivity contribution in [2.75, 3.05) is 0 Å². The zero-order valence-electron chi connectivity index (χ0n) is 20.3. The number of nitrogens with one attached hydrogen (secondary N) is 1. The molecule has 0 atom stereocenters. The number of pyridine rings is 1. The van der Waals surface area contributed by atoms with Gasteiger partial charge in [-0.05, 0) is 94.4 Å². The lowest BCUT2D eigenvalue weighted by Crippen LogP contribution is -2.17. The predicted molar refractivity (Wildman–Crippen MR) is 141 cm³/mol. The second kappa shape index (κ2) is 9.06. The van der Waals surface area contributed by atoms with E-state index in [1.54, 1.807) is 12.4 Å². The van der Waals surface area contributed by atoms with E-state index in [2.05, 4.69) is 81.8 Å². The molecule has 1 N–H and O–H groups in total. The molecular formula is C29H27N5O. The summed E-state index contributed by atoms with van der Waals surface area (Å²) in [6, 6.07) is 24.0. The molecular weight excluding hydrogens is 434 g/mol. The Morgan fingerprint density at radius 3 is 2.29 bits per heavy atom. The van der Waals surface area contributed by atoms with Crippen LogP contribution < -0.4 is 5.43 Å². The van der Waals surface area contributed by atoms with E-state index in [1.165, 1.54) is 0 Å². The predicted octanol–water partition coefficient (Wildman–Crippen LogP) is 5.81. The SMILES string of the molecule is Cc1ccc(C)n1-c1ccc(C(=O)N/N=C\c2cc(C)n(-c3ccc4ncccc4c3)c2C)cc1. The average Bonchev–Trinajstić information content (AvgIpc) is 3.35. The zero-order valence-corrected chi connectivity index (χ0v) is 20.3. The van der Waals surface area contributed by atoms with Gasteiger partial charge in [0.15, 0.2) is 0 Å². The lowest BCUT2D eigenvalue weighted by molar-refractivity contribution is 0.0955. The number of carbonyl (C=O) groups is 1. The summed E-state index contributed by atoms with van der Waals surface area (Å²) in [6.07, 6.45) is 3.50. The van der Waals surface area contributed by atoms with Crippen molar-refractivity contribution in [3.8, 4) is 11.4 Å². The third-order valence-corrected chi connectivity index (χ3v) is 6.34. The fourth-order valence-corrected chi connectivity index (χ4v) is 4.58. The first-order valence-electron chi connectivity index (χ1n) is 11.6. The van der Waals surface area contributed by atoms with Crippen molar-refractivity contribution < 1.29 is 4.79 Å². The van der Waals surface area contributed by atoms with Crippen LogP contribution in [0.3, 0.4) is 0 Å². The summed E-state index contributed by atoms with van der Waals surface area (Å²) in [4.78, 5) is 17.0. The topological polar surface area (TPSA) is 64.2 Å². The molecule has 0 saturated heterocycles. The highest BCUT2D eigenvalue weighted by Crippen LogP contribution is 2.23. The van der Waals surface area contributed by atoms with E-state index >= 15 is 0 Å². The van der Waals surface area contributed by atoms with Gasteiger partial charge in [-0.25, -0.2) is 5.43 Å². The number of nitrogens with zero attached hydrogens (tertiary/aromatic N) is 4. The van der Waals surface area contributed by atoms with Crippen molar-refractivity contribution in [2.45, 2.75) is 27.7 Å². The van der Waals surface area contributed by atoms with Crippen LogP contribution >= 0.6 is 0 Å². The number of hydrazone groups is 1. The molecule has 2 aromatic carbocycles. The monoisotopic (exact) mass is 461 g/mol. The van der Waals surface area contributed by atoms with Crippen molar-refractivity contribution >= 4 is 23.0 Å². The Labute approximate surface area is 204 Å². The van der Waals surface area contributed by atoms with Gasteiger partial charge in [-0.1, -0.05) is 6.07 Å². The summed E-state index contributed by atoms with van der Waals surface area (Å²) in [6.45, 7) is 8.24. The Balaban J connectivity index is 1.32. The highest BCUT2D eigenvalue weighted by atomic mass is 16.2. The average molecular weight is 462 g/mol. The summed E-state index contributed by atoms with van der Waals surface area (Å²) in [5.74, 6) is -0.246. The van der Waals surface area contributed by atoms with Gasteiger partial charge in [-0.3, -0.25) is 9.78 Å². The molecule has 6 nitrogen and oxygen atoms in total. The third kappa shape index (κ3) is 4.26. The van der Waals surface area contributed by atoms with Crippen molar-refractivity contribution in [3.05, 3.63) is 113 Å². The minimum atomic E-state index is -0.246. The molecule has 0 aliphatic rings. The van der Waals surface area contributed by atoms with Crippen LogP contribution in [-0.2, 0) is 0 Å². The fourth-order valence-electron chi connectivity index (χ4n) is 4.58. The fraction of sp³-hybridized carbons (Fsp3) is 0.138. The molecule has 3 heterocycles. The van der Waals surface area contributed by atoms with E-state index in [1.807, 2.05) is 43.3 Å². The van der Waals surface area contributed by atoms with Gasteiger partial charge in [0.05, 0.1) is 11.7 Å². The van der Waals surface area contributed by atoms with Gasteiger partial charge in [0.1, 0.15) is 0 Å². The molecule has 0 aliphatic heterocycles. The van der Waals surface area contributed by atoms with Crippen LogP contribution in [0.15, 0.2) is 84.1 Å². The number of rotatable bonds is 5. The summed E-state index contributed by atoms with van der Waals surface area (Å²) in [7, 11) is 0. The highest BCUT2D eigenvalue weighted by Gasteiger charge is 2.11. The standard InChI is InChI=1S/C29H27N5O/c1-19-7-8-20(2)33(19)26-11-9-23(10-12-26)29(35)32-31-18-25-16-21(3)34(22(25)4)27-13-14-28-24(17-27)6-5-15-30-28/h5-18H,1-4H3,(H,32,35)/b31-18-. The van der Waals surface area contributed by atoms with Crippen molar-refractivity contribution in [1.29, 1.82) is 0 Å². The molecule has 5 rings (SSSR count). The number of fused-ring (bicyclic) bond motifs is 1. The maximum absolute atomic E-state index is 12.6. The van der Waals surface area contributed by atoms with Crippen LogP contribution in [0.4, 0.5) is 0 Å². The number of hydrogen-bond acceptors (Lipinski definition) is 3. The normalized spacial score (nSPS) is 11.4. The number of benzene rings is 2. The second-order valence-electron chi connectivity index (χ2n) is 8.74.